The number of rotatable bonds is 5. The predicted octanol–water partition coefficient (Wildman–Crippen LogP) is 2.87. The van der Waals surface area contributed by atoms with Gasteiger partial charge in [0.25, 0.3) is 0 Å². The molecule has 0 amide bonds. The van der Waals surface area contributed by atoms with Gasteiger partial charge in [0.2, 0.25) is 0 Å². The van der Waals surface area contributed by atoms with Crippen LogP contribution in [0.4, 0.5) is 5.13 Å². The molecular formula is C11H12N2O2S2. The summed E-state index contributed by atoms with van der Waals surface area (Å²) < 4.78 is 0. The first-order valence-electron chi connectivity index (χ1n) is 5.12. The van der Waals surface area contributed by atoms with Crippen LogP contribution in [0.5, 0.6) is 0 Å². The summed E-state index contributed by atoms with van der Waals surface area (Å²) >= 11 is 3.06. The number of hydrogen-bond donors (Lipinski definition) is 2. The van der Waals surface area contributed by atoms with Crippen LogP contribution in [0.15, 0.2) is 16.8 Å². The number of nitrogens with zero attached hydrogens (tertiary/aromatic N) is 1. The maximum absolute atomic E-state index is 10.8. The minimum atomic E-state index is -0.968. The highest BCUT2D eigenvalue weighted by atomic mass is 32.1. The van der Waals surface area contributed by atoms with Crippen molar-refractivity contribution in [2.75, 3.05) is 11.9 Å². The summed E-state index contributed by atoms with van der Waals surface area (Å²) in [5, 5.41) is 16.9. The Morgan fingerprint density at radius 3 is 3.00 bits per heavy atom. The van der Waals surface area contributed by atoms with E-state index in [2.05, 4.69) is 21.7 Å². The number of nitrogens with one attached hydrogen (secondary N) is 1. The Hall–Kier alpha value is -1.40. The van der Waals surface area contributed by atoms with E-state index in [1.807, 2.05) is 5.38 Å². The molecule has 0 aliphatic carbocycles. The van der Waals surface area contributed by atoms with E-state index >= 15 is 0 Å². The topological polar surface area (TPSA) is 62.2 Å². The van der Waals surface area contributed by atoms with Crippen molar-refractivity contribution >= 4 is 33.8 Å². The van der Waals surface area contributed by atoms with Crippen molar-refractivity contribution in [1.82, 2.24) is 4.98 Å². The number of carbonyl (C=O) groups is 1. The summed E-state index contributed by atoms with van der Waals surface area (Å²) in [6.45, 7) is 2.54. The van der Waals surface area contributed by atoms with Gasteiger partial charge in [-0.2, -0.15) is 11.3 Å². The van der Waals surface area contributed by atoms with E-state index in [9.17, 15) is 4.79 Å². The van der Waals surface area contributed by atoms with Gasteiger partial charge in [0.05, 0.1) is 0 Å². The highest BCUT2D eigenvalue weighted by Crippen LogP contribution is 2.21. The van der Waals surface area contributed by atoms with Gasteiger partial charge in [-0.05, 0) is 35.7 Å². The number of anilines is 1. The Morgan fingerprint density at radius 2 is 2.41 bits per heavy atom. The molecule has 6 heteroatoms. The van der Waals surface area contributed by atoms with Crippen LogP contribution in [0.2, 0.25) is 0 Å². The van der Waals surface area contributed by atoms with Crippen molar-refractivity contribution in [2.45, 2.75) is 13.3 Å². The van der Waals surface area contributed by atoms with Crippen molar-refractivity contribution in [3.8, 4) is 0 Å². The summed E-state index contributed by atoms with van der Waals surface area (Å²) in [4.78, 5) is 15.6. The average Bonchev–Trinajstić information content (AvgIpc) is 2.88. The van der Waals surface area contributed by atoms with Gasteiger partial charge in [-0.1, -0.05) is 0 Å². The first-order chi connectivity index (χ1) is 8.16. The van der Waals surface area contributed by atoms with E-state index in [1.54, 1.807) is 18.3 Å². The standard InChI is InChI=1S/C11H12N2O2S2/c1-7-9(10(14)15)13-11(17-7)12-4-2-8-3-5-16-6-8/h3,5-6H,2,4H2,1H3,(H,12,13)(H,14,15). The van der Waals surface area contributed by atoms with E-state index in [4.69, 9.17) is 5.11 Å². The van der Waals surface area contributed by atoms with E-state index in [0.29, 0.717) is 5.13 Å². The SMILES string of the molecule is Cc1sc(NCCc2ccsc2)nc1C(=O)O. The Kier molecular flexibility index (Phi) is 3.75. The van der Waals surface area contributed by atoms with Crippen molar-refractivity contribution in [1.29, 1.82) is 0 Å². The van der Waals surface area contributed by atoms with Gasteiger partial charge >= 0.3 is 5.97 Å². The molecule has 90 valence electrons. The van der Waals surface area contributed by atoms with Gasteiger partial charge in [0, 0.05) is 11.4 Å². The van der Waals surface area contributed by atoms with Crippen molar-refractivity contribution in [3.63, 3.8) is 0 Å². The molecule has 0 aliphatic heterocycles. The monoisotopic (exact) mass is 268 g/mol. The number of carboxylic acid groups (broad SMARTS) is 1. The minimum Gasteiger partial charge on any atom is -0.476 e. The number of aryl methyl sites for hydroxylation is 1. The average molecular weight is 268 g/mol. The zero-order valence-electron chi connectivity index (χ0n) is 9.27. The molecule has 2 aromatic heterocycles. The summed E-state index contributed by atoms with van der Waals surface area (Å²) in [6, 6.07) is 2.09. The molecular weight excluding hydrogens is 256 g/mol. The molecule has 4 nitrogen and oxygen atoms in total. The van der Waals surface area contributed by atoms with Gasteiger partial charge in [0.15, 0.2) is 10.8 Å². The Labute approximate surface area is 107 Å². The Balaban J connectivity index is 1.91. The number of thiophene rings is 1. The van der Waals surface area contributed by atoms with Crippen LogP contribution in [0, 0.1) is 6.92 Å². The van der Waals surface area contributed by atoms with Gasteiger partial charge in [0.1, 0.15) is 0 Å². The normalized spacial score (nSPS) is 10.4. The molecule has 0 spiro atoms. The molecule has 2 N–H and O–H groups in total. The van der Waals surface area contributed by atoms with Crippen LogP contribution < -0.4 is 5.32 Å². The summed E-state index contributed by atoms with van der Waals surface area (Å²) in [6.07, 6.45) is 0.921. The molecule has 0 bridgehead atoms. The number of carboxylic acids is 1. The van der Waals surface area contributed by atoms with E-state index in [0.717, 1.165) is 17.8 Å². The quantitative estimate of drug-likeness (QED) is 0.875. The molecule has 0 saturated heterocycles. The molecule has 0 aliphatic rings. The largest absolute Gasteiger partial charge is 0.476 e. The van der Waals surface area contributed by atoms with Gasteiger partial charge in [-0.3, -0.25) is 0 Å². The molecule has 0 fully saturated rings. The van der Waals surface area contributed by atoms with E-state index in [1.165, 1.54) is 16.9 Å². The number of aromatic carboxylic acids is 1. The Morgan fingerprint density at radius 1 is 1.59 bits per heavy atom. The number of aromatic nitrogens is 1. The lowest BCUT2D eigenvalue weighted by Crippen LogP contribution is -2.05. The molecule has 0 unspecified atom stereocenters. The van der Waals surface area contributed by atoms with Crippen LogP contribution in [0.25, 0.3) is 0 Å². The van der Waals surface area contributed by atoms with Crippen molar-refractivity contribution < 1.29 is 9.90 Å². The highest BCUT2D eigenvalue weighted by Gasteiger charge is 2.13. The highest BCUT2D eigenvalue weighted by molar-refractivity contribution is 7.15. The predicted molar refractivity (Wildman–Crippen MR) is 70.3 cm³/mol. The smallest absolute Gasteiger partial charge is 0.355 e. The molecule has 2 aromatic rings. The van der Waals surface area contributed by atoms with Crippen LogP contribution in [-0.4, -0.2) is 22.6 Å². The zero-order chi connectivity index (χ0) is 12.3. The lowest BCUT2D eigenvalue weighted by molar-refractivity contribution is 0.0690. The first-order valence-corrected chi connectivity index (χ1v) is 6.88. The molecule has 17 heavy (non-hydrogen) atoms. The lowest BCUT2D eigenvalue weighted by Gasteiger charge is -2.00. The van der Waals surface area contributed by atoms with E-state index in [-0.39, 0.29) is 5.69 Å². The lowest BCUT2D eigenvalue weighted by atomic mass is 10.2. The van der Waals surface area contributed by atoms with Crippen molar-refractivity contribution in [2.24, 2.45) is 0 Å². The van der Waals surface area contributed by atoms with Gasteiger partial charge in [-0.25, -0.2) is 9.78 Å². The summed E-state index contributed by atoms with van der Waals surface area (Å²) in [5.74, 6) is -0.968. The van der Waals surface area contributed by atoms with Crippen LogP contribution in [-0.2, 0) is 6.42 Å². The second-order valence-electron chi connectivity index (χ2n) is 3.54. The molecule has 0 radical (unpaired) electrons. The Bertz CT molecular complexity index is 506. The minimum absolute atomic E-state index is 0.146. The molecule has 2 heterocycles. The van der Waals surface area contributed by atoms with Gasteiger partial charge in [-0.15, -0.1) is 11.3 Å². The fraction of sp³-hybridized carbons (Fsp3) is 0.273. The third-order valence-corrected chi connectivity index (χ3v) is 3.93. The van der Waals surface area contributed by atoms with Gasteiger partial charge < -0.3 is 10.4 Å². The number of hydrogen-bond acceptors (Lipinski definition) is 5. The van der Waals surface area contributed by atoms with Crippen LogP contribution in [0.1, 0.15) is 20.9 Å². The molecule has 0 aromatic carbocycles. The second-order valence-corrected chi connectivity index (χ2v) is 5.52. The summed E-state index contributed by atoms with van der Waals surface area (Å²) in [5.41, 5.74) is 1.43. The van der Waals surface area contributed by atoms with Crippen LogP contribution in [0.3, 0.4) is 0 Å². The maximum Gasteiger partial charge on any atom is 0.355 e. The molecule has 2 rings (SSSR count). The first kappa shape index (κ1) is 12.1. The van der Waals surface area contributed by atoms with Crippen molar-refractivity contribution in [3.05, 3.63) is 33.0 Å². The fourth-order valence-electron chi connectivity index (χ4n) is 1.42. The van der Waals surface area contributed by atoms with E-state index < -0.39 is 5.97 Å². The number of thiazole rings is 1. The molecule has 0 saturated carbocycles. The third-order valence-electron chi connectivity index (χ3n) is 2.27. The summed E-state index contributed by atoms with van der Waals surface area (Å²) in [7, 11) is 0. The fourth-order valence-corrected chi connectivity index (χ4v) is 2.95. The third kappa shape index (κ3) is 3.04. The maximum atomic E-state index is 10.8. The second kappa shape index (κ2) is 5.29. The zero-order valence-corrected chi connectivity index (χ0v) is 10.9. The molecule has 0 atom stereocenters. The van der Waals surface area contributed by atoms with Crippen LogP contribution >= 0.6 is 22.7 Å².